The molecule has 5 aromatic carbocycles. The van der Waals surface area contributed by atoms with Crippen LogP contribution < -0.4 is 0 Å². The highest BCUT2D eigenvalue weighted by Crippen LogP contribution is 2.38. The van der Waals surface area contributed by atoms with E-state index in [0.29, 0.717) is 6.54 Å². The number of aliphatic imine (C=N–C) groups is 1. The van der Waals surface area contributed by atoms with E-state index in [1.165, 1.54) is 44.5 Å². The van der Waals surface area contributed by atoms with Crippen molar-refractivity contribution in [2.75, 3.05) is 0 Å². The lowest BCUT2D eigenvalue weighted by Gasteiger charge is -2.19. The summed E-state index contributed by atoms with van der Waals surface area (Å²) in [5.74, 6) is 0. The zero-order valence-electron chi connectivity index (χ0n) is 28.0. The summed E-state index contributed by atoms with van der Waals surface area (Å²) in [6.45, 7) is 17.4. The van der Waals surface area contributed by atoms with Gasteiger partial charge in [-0.2, -0.15) is 0 Å². The lowest BCUT2D eigenvalue weighted by molar-refractivity contribution is 1.06. The summed E-state index contributed by atoms with van der Waals surface area (Å²) < 4.78 is 0. The van der Waals surface area contributed by atoms with Gasteiger partial charge >= 0.3 is 0 Å². The molecular formula is C46H43N. The number of aryl methyl sites for hydroxylation is 1. The van der Waals surface area contributed by atoms with Gasteiger partial charge in [-0.1, -0.05) is 159 Å². The smallest absolute Gasteiger partial charge is 0.0643 e. The third-order valence-corrected chi connectivity index (χ3v) is 8.66. The maximum absolute atomic E-state index is 4.87. The summed E-state index contributed by atoms with van der Waals surface area (Å²) in [6, 6.07) is 40.6. The molecule has 0 amide bonds. The SMILES string of the molecule is C=C/C=C(/C=C\C(=C/C)c1cccc(C(C)=NCc2ccccc2)c1)c1c(C)cccc1-c1cccc(-c2ccccc2C=C)c1C. The van der Waals surface area contributed by atoms with Gasteiger partial charge < -0.3 is 0 Å². The minimum absolute atomic E-state index is 0.672. The molecule has 0 heterocycles. The first-order chi connectivity index (χ1) is 22.9. The molecule has 0 aliphatic carbocycles. The van der Waals surface area contributed by atoms with E-state index < -0.39 is 0 Å². The highest BCUT2D eigenvalue weighted by atomic mass is 14.7. The van der Waals surface area contributed by atoms with E-state index in [2.05, 4.69) is 174 Å². The van der Waals surface area contributed by atoms with E-state index in [9.17, 15) is 0 Å². The lowest BCUT2D eigenvalue weighted by atomic mass is 9.85. The van der Waals surface area contributed by atoms with Gasteiger partial charge in [0, 0.05) is 5.71 Å². The Morgan fingerprint density at radius 2 is 1.28 bits per heavy atom. The average Bonchev–Trinajstić information content (AvgIpc) is 3.11. The first kappa shape index (κ1) is 32.9. The van der Waals surface area contributed by atoms with Crippen LogP contribution in [-0.4, -0.2) is 5.71 Å². The molecule has 5 aromatic rings. The van der Waals surface area contributed by atoms with Gasteiger partial charge in [-0.3, -0.25) is 4.99 Å². The second kappa shape index (κ2) is 15.7. The zero-order chi connectivity index (χ0) is 33.2. The molecular weight excluding hydrogens is 567 g/mol. The van der Waals surface area contributed by atoms with Crippen molar-refractivity contribution in [3.05, 3.63) is 198 Å². The molecule has 0 bridgehead atoms. The van der Waals surface area contributed by atoms with Crippen LogP contribution in [0.2, 0.25) is 0 Å². The molecule has 1 nitrogen and oxygen atoms in total. The lowest BCUT2D eigenvalue weighted by Crippen LogP contribution is -1.97. The molecule has 0 atom stereocenters. The molecule has 0 fully saturated rings. The molecule has 0 aliphatic heterocycles. The Kier molecular flexibility index (Phi) is 10.9. The van der Waals surface area contributed by atoms with Gasteiger partial charge in [0.05, 0.1) is 6.54 Å². The number of hydrogen-bond acceptors (Lipinski definition) is 1. The van der Waals surface area contributed by atoms with Gasteiger partial charge in [-0.05, 0) is 106 Å². The number of hydrogen-bond donors (Lipinski definition) is 0. The van der Waals surface area contributed by atoms with Gasteiger partial charge in [0.2, 0.25) is 0 Å². The van der Waals surface area contributed by atoms with Crippen LogP contribution in [0.5, 0.6) is 0 Å². The first-order valence-electron chi connectivity index (χ1n) is 16.2. The fourth-order valence-electron chi connectivity index (χ4n) is 6.11. The van der Waals surface area contributed by atoms with Crippen LogP contribution in [-0.2, 0) is 6.54 Å². The largest absolute Gasteiger partial charge is 0.285 e. The van der Waals surface area contributed by atoms with Crippen LogP contribution in [0.3, 0.4) is 0 Å². The van der Waals surface area contributed by atoms with Gasteiger partial charge in [0.1, 0.15) is 0 Å². The van der Waals surface area contributed by atoms with Crippen molar-refractivity contribution in [1.82, 2.24) is 0 Å². The summed E-state index contributed by atoms with van der Waals surface area (Å²) in [5, 5.41) is 0. The highest BCUT2D eigenvalue weighted by Gasteiger charge is 2.16. The fraction of sp³-hybridized carbons (Fsp3) is 0.109. The van der Waals surface area contributed by atoms with E-state index in [4.69, 9.17) is 4.99 Å². The maximum atomic E-state index is 4.87. The number of allylic oxidation sites excluding steroid dienone is 7. The van der Waals surface area contributed by atoms with E-state index in [1.54, 1.807) is 0 Å². The summed E-state index contributed by atoms with van der Waals surface area (Å²) in [5.41, 5.74) is 16.4. The van der Waals surface area contributed by atoms with Crippen molar-refractivity contribution in [1.29, 1.82) is 0 Å². The molecule has 0 aromatic heterocycles. The van der Waals surface area contributed by atoms with Crippen LogP contribution in [0.1, 0.15) is 52.8 Å². The molecule has 1 heteroatoms. The van der Waals surface area contributed by atoms with E-state index >= 15 is 0 Å². The van der Waals surface area contributed by atoms with Crippen LogP contribution in [0.25, 0.3) is 39.5 Å². The number of benzene rings is 5. The molecule has 0 saturated carbocycles. The van der Waals surface area contributed by atoms with Crippen LogP contribution in [0.15, 0.2) is 164 Å². The van der Waals surface area contributed by atoms with Gasteiger partial charge in [0.15, 0.2) is 0 Å². The predicted octanol–water partition coefficient (Wildman–Crippen LogP) is 12.5. The zero-order valence-corrected chi connectivity index (χ0v) is 28.0. The molecule has 0 spiro atoms. The van der Waals surface area contributed by atoms with Crippen molar-refractivity contribution in [2.45, 2.75) is 34.2 Å². The highest BCUT2D eigenvalue weighted by molar-refractivity contribution is 6.00. The standard InChI is InChI=1S/C46H43N/c1-7-18-39(30-29-37(8-2)41-24-16-23-40(31-41)35(6)47-32-36-20-11-10-12-21-36)46-33(4)19-15-28-45(46)43-27-17-26-42(34(43)5)44-25-14-13-22-38(44)9-3/h7-31H,1,3,32H2,2,4-6H3/b30-29-,37-8+,39-18-,47-35?. The molecule has 0 unspecified atom stereocenters. The van der Waals surface area contributed by atoms with Crippen molar-refractivity contribution in [3.8, 4) is 22.3 Å². The van der Waals surface area contributed by atoms with Crippen LogP contribution in [0, 0.1) is 13.8 Å². The quantitative estimate of drug-likeness (QED) is 0.104. The molecule has 5 rings (SSSR count). The predicted molar refractivity (Wildman–Crippen MR) is 207 cm³/mol. The fourth-order valence-corrected chi connectivity index (χ4v) is 6.11. The molecule has 0 N–H and O–H groups in total. The minimum atomic E-state index is 0.672. The number of nitrogens with zero attached hydrogens (tertiary/aromatic N) is 1. The Labute approximate surface area is 281 Å². The first-order valence-corrected chi connectivity index (χ1v) is 16.2. The summed E-state index contributed by atoms with van der Waals surface area (Å²) >= 11 is 0. The molecule has 0 saturated heterocycles. The van der Waals surface area contributed by atoms with E-state index in [0.717, 1.165) is 33.5 Å². The maximum Gasteiger partial charge on any atom is 0.0643 e. The van der Waals surface area contributed by atoms with Gasteiger partial charge in [-0.25, -0.2) is 0 Å². The molecule has 232 valence electrons. The van der Waals surface area contributed by atoms with Crippen LogP contribution >= 0.6 is 0 Å². The average molecular weight is 610 g/mol. The summed E-state index contributed by atoms with van der Waals surface area (Å²) in [6.07, 6.45) is 12.5. The normalized spacial score (nSPS) is 12.4. The van der Waals surface area contributed by atoms with Crippen molar-refractivity contribution in [2.24, 2.45) is 4.99 Å². The third kappa shape index (κ3) is 7.65. The number of rotatable bonds is 11. The van der Waals surface area contributed by atoms with E-state index in [1.807, 2.05) is 18.2 Å². The van der Waals surface area contributed by atoms with Gasteiger partial charge in [0.25, 0.3) is 0 Å². The summed E-state index contributed by atoms with van der Waals surface area (Å²) in [4.78, 5) is 4.87. The minimum Gasteiger partial charge on any atom is -0.285 e. The second-order valence-electron chi connectivity index (χ2n) is 11.7. The Bertz CT molecular complexity index is 2010. The van der Waals surface area contributed by atoms with Crippen molar-refractivity contribution < 1.29 is 0 Å². The summed E-state index contributed by atoms with van der Waals surface area (Å²) in [7, 11) is 0. The Balaban J connectivity index is 1.50. The topological polar surface area (TPSA) is 12.4 Å². The van der Waals surface area contributed by atoms with Crippen LogP contribution in [0.4, 0.5) is 0 Å². The Morgan fingerprint density at radius 1 is 0.660 bits per heavy atom. The third-order valence-electron chi connectivity index (χ3n) is 8.66. The molecule has 47 heavy (non-hydrogen) atoms. The molecule has 0 radical (unpaired) electrons. The Hall–Kier alpha value is -5.53. The monoisotopic (exact) mass is 609 g/mol. The van der Waals surface area contributed by atoms with E-state index in [-0.39, 0.29) is 0 Å². The second-order valence-corrected chi connectivity index (χ2v) is 11.7. The van der Waals surface area contributed by atoms with Crippen molar-refractivity contribution >= 4 is 22.9 Å². The van der Waals surface area contributed by atoms with Crippen molar-refractivity contribution in [3.63, 3.8) is 0 Å². The van der Waals surface area contributed by atoms with Gasteiger partial charge in [-0.15, -0.1) is 0 Å². The molecule has 0 aliphatic rings. The Morgan fingerprint density at radius 3 is 2.02 bits per heavy atom.